The summed E-state index contributed by atoms with van der Waals surface area (Å²) < 4.78 is 1.85. The first kappa shape index (κ1) is 20.8. The van der Waals surface area contributed by atoms with Crippen LogP contribution in [-0.2, 0) is 16.0 Å². The first-order valence-corrected chi connectivity index (χ1v) is 10.3. The lowest BCUT2D eigenvalue weighted by Gasteiger charge is -2.34. The van der Waals surface area contributed by atoms with Crippen LogP contribution in [0.15, 0.2) is 18.3 Å². The van der Waals surface area contributed by atoms with Crippen molar-refractivity contribution in [3.63, 3.8) is 0 Å². The van der Waals surface area contributed by atoms with Crippen molar-refractivity contribution in [3.05, 3.63) is 29.6 Å². The largest absolute Gasteiger partial charge is 0.339 e. The normalized spacial score (nSPS) is 14.3. The van der Waals surface area contributed by atoms with E-state index in [4.69, 9.17) is 0 Å². The summed E-state index contributed by atoms with van der Waals surface area (Å²) in [7, 11) is 0. The molecule has 0 spiro atoms. The molecule has 8 nitrogen and oxygen atoms in total. The van der Waals surface area contributed by atoms with Crippen LogP contribution >= 0.6 is 0 Å². The maximum absolute atomic E-state index is 13.0. The molecule has 2 aromatic rings. The van der Waals surface area contributed by atoms with Crippen molar-refractivity contribution in [2.75, 3.05) is 37.6 Å². The molecule has 1 aliphatic heterocycles. The summed E-state index contributed by atoms with van der Waals surface area (Å²) in [4.78, 5) is 46.1. The molecular formula is C21H29N5O3. The highest BCUT2D eigenvalue weighted by Crippen LogP contribution is 2.24. The third kappa shape index (κ3) is 4.26. The van der Waals surface area contributed by atoms with Gasteiger partial charge in [-0.2, -0.15) is 0 Å². The van der Waals surface area contributed by atoms with E-state index in [2.05, 4.69) is 11.9 Å². The molecule has 1 saturated heterocycles. The van der Waals surface area contributed by atoms with Gasteiger partial charge in [0.25, 0.3) is 5.91 Å². The highest BCUT2D eigenvalue weighted by molar-refractivity contribution is 5.94. The minimum absolute atomic E-state index is 0.0368. The van der Waals surface area contributed by atoms with Crippen LogP contribution in [0.5, 0.6) is 0 Å². The number of nitrogens with zero attached hydrogens (tertiary/aromatic N) is 5. The Bertz CT molecular complexity index is 899. The molecule has 0 radical (unpaired) electrons. The van der Waals surface area contributed by atoms with E-state index in [0.29, 0.717) is 44.7 Å². The number of amides is 3. The zero-order valence-corrected chi connectivity index (χ0v) is 17.4. The molecule has 0 atom stereocenters. The van der Waals surface area contributed by atoms with Crippen molar-refractivity contribution in [1.29, 1.82) is 0 Å². The fraction of sp³-hybridized carbons (Fsp3) is 0.524. The zero-order chi connectivity index (χ0) is 21.0. The number of pyridine rings is 1. The molecule has 0 aliphatic carbocycles. The number of hydrogen-bond acceptors (Lipinski definition) is 4. The van der Waals surface area contributed by atoms with E-state index < -0.39 is 0 Å². The average Bonchev–Trinajstić information content (AvgIpc) is 3.11. The molecule has 3 rings (SSSR count). The Morgan fingerprint density at radius 1 is 1.14 bits per heavy atom. The van der Waals surface area contributed by atoms with Gasteiger partial charge in [0.2, 0.25) is 12.3 Å². The van der Waals surface area contributed by atoms with Crippen LogP contribution in [0.2, 0.25) is 0 Å². The number of unbranched alkanes of at least 4 members (excludes halogenated alkanes) is 1. The predicted octanol–water partition coefficient (Wildman–Crippen LogP) is 1.96. The molecule has 0 bridgehead atoms. The Hall–Kier alpha value is -2.90. The van der Waals surface area contributed by atoms with Gasteiger partial charge in [-0.05, 0) is 25.0 Å². The van der Waals surface area contributed by atoms with Crippen LogP contribution in [-0.4, -0.2) is 70.1 Å². The van der Waals surface area contributed by atoms with Gasteiger partial charge in [0.05, 0.1) is 11.3 Å². The monoisotopic (exact) mass is 399 g/mol. The van der Waals surface area contributed by atoms with E-state index in [-0.39, 0.29) is 11.8 Å². The number of aromatic nitrogens is 2. The van der Waals surface area contributed by atoms with Gasteiger partial charge in [-0.3, -0.25) is 23.7 Å². The van der Waals surface area contributed by atoms with Crippen LogP contribution < -0.4 is 4.90 Å². The Kier molecular flexibility index (Phi) is 6.51. The summed E-state index contributed by atoms with van der Waals surface area (Å²) in [5, 5.41) is 0. The topological polar surface area (TPSA) is 78.2 Å². The molecule has 3 amide bonds. The van der Waals surface area contributed by atoms with E-state index in [1.54, 1.807) is 33.9 Å². The summed E-state index contributed by atoms with van der Waals surface area (Å²) in [5.74, 6) is 0.704. The first-order chi connectivity index (χ1) is 14.0. The van der Waals surface area contributed by atoms with Crippen molar-refractivity contribution in [2.45, 2.75) is 40.0 Å². The summed E-state index contributed by atoms with van der Waals surface area (Å²) in [6.45, 7) is 8.40. The predicted molar refractivity (Wildman–Crippen MR) is 111 cm³/mol. The third-order valence-corrected chi connectivity index (χ3v) is 5.41. The lowest BCUT2D eigenvalue weighted by Crippen LogP contribution is -2.50. The second kappa shape index (κ2) is 9.07. The number of hydrogen-bond donors (Lipinski definition) is 0. The quantitative estimate of drug-likeness (QED) is 0.667. The molecule has 0 aromatic carbocycles. The first-order valence-electron chi connectivity index (χ1n) is 10.3. The Morgan fingerprint density at radius 2 is 1.83 bits per heavy atom. The number of imidazole rings is 1. The molecule has 1 aliphatic rings. The molecule has 2 aromatic heterocycles. The van der Waals surface area contributed by atoms with Crippen molar-refractivity contribution in [2.24, 2.45) is 0 Å². The maximum Gasteiger partial charge on any atom is 0.255 e. The highest BCUT2D eigenvalue weighted by atomic mass is 16.2. The highest BCUT2D eigenvalue weighted by Gasteiger charge is 2.24. The van der Waals surface area contributed by atoms with Crippen molar-refractivity contribution in [3.8, 4) is 0 Å². The van der Waals surface area contributed by atoms with Crippen LogP contribution in [0.3, 0.4) is 0 Å². The van der Waals surface area contributed by atoms with E-state index in [1.807, 2.05) is 17.4 Å². The maximum atomic E-state index is 13.0. The van der Waals surface area contributed by atoms with Gasteiger partial charge in [0.1, 0.15) is 11.5 Å². The number of carbonyl (C=O) groups excluding carboxylic acids is 3. The van der Waals surface area contributed by atoms with Gasteiger partial charge in [0.15, 0.2) is 0 Å². The fourth-order valence-corrected chi connectivity index (χ4v) is 3.69. The standard InChI is InChI=1S/C21H29N5O3/c1-4-6-9-25(15-27)20-18(5-2)22-19-8-7-17(14-26(19)20)21(29)24-12-10-23(11-13-24)16(3)28/h7-8,14-15H,4-6,9-13H2,1-3H3. The fourth-order valence-electron chi connectivity index (χ4n) is 3.69. The van der Waals surface area contributed by atoms with Gasteiger partial charge < -0.3 is 9.80 Å². The minimum atomic E-state index is -0.0704. The van der Waals surface area contributed by atoms with Crippen LogP contribution in [0.4, 0.5) is 5.82 Å². The average molecular weight is 399 g/mol. The van der Waals surface area contributed by atoms with Gasteiger partial charge >= 0.3 is 0 Å². The Morgan fingerprint density at radius 3 is 2.41 bits per heavy atom. The number of anilines is 1. The third-order valence-electron chi connectivity index (χ3n) is 5.41. The van der Waals surface area contributed by atoms with E-state index in [9.17, 15) is 14.4 Å². The van der Waals surface area contributed by atoms with Crippen molar-refractivity contribution < 1.29 is 14.4 Å². The van der Waals surface area contributed by atoms with Crippen LogP contribution in [0.25, 0.3) is 5.65 Å². The van der Waals surface area contributed by atoms with Crippen LogP contribution in [0, 0.1) is 0 Å². The van der Waals surface area contributed by atoms with Gasteiger partial charge in [0, 0.05) is 45.8 Å². The minimum Gasteiger partial charge on any atom is -0.339 e. The van der Waals surface area contributed by atoms with E-state index in [0.717, 1.165) is 36.4 Å². The molecule has 156 valence electrons. The van der Waals surface area contributed by atoms with E-state index >= 15 is 0 Å². The second-order valence-corrected chi connectivity index (χ2v) is 7.33. The Balaban J connectivity index is 1.90. The molecule has 29 heavy (non-hydrogen) atoms. The molecule has 8 heteroatoms. The van der Waals surface area contributed by atoms with E-state index in [1.165, 1.54) is 0 Å². The summed E-state index contributed by atoms with van der Waals surface area (Å²) in [5.41, 5.74) is 2.11. The molecule has 1 fully saturated rings. The number of fused-ring (bicyclic) bond motifs is 1. The second-order valence-electron chi connectivity index (χ2n) is 7.33. The van der Waals surface area contributed by atoms with Gasteiger partial charge in [-0.25, -0.2) is 4.98 Å². The molecular weight excluding hydrogens is 370 g/mol. The number of carbonyl (C=O) groups is 3. The summed E-state index contributed by atoms with van der Waals surface area (Å²) >= 11 is 0. The lowest BCUT2D eigenvalue weighted by molar-refractivity contribution is -0.130. The number of piperazine rings is 1. The van der Waals surface area contributed by atoms with Gasteiger partial charge in [-0.15, -0.1) is 0 Å². The molecule has 0 unspecified atom stereocenters. The SMILES string of the molecule is CCCCN(C=O)c1c(CC)nc2ccc(C(=O)N3CCN(C(C)=O)CC3)cn12. The zero-order valence-electron chi connectivity index (χ0n) is 17.4. The van der Waals surface area contributed by atoms with Gasteiger partial charge in [-0.1, -0.05) is 20.3 Å². The smallest absolute Gasteiger partial charge is 0.255 e. The summed E-state index contributed by atoms with van der Waals surface area (Å²) in [6.07, 6.45) is 5.20. The number of rotatable bonds is 7. The molecule has 3 heterocycles. The van der Waals surface area contributed by atoms with Crippen LogP contribution in [0.1, 0.15) is 49.7 Å². The number of aryl methyl sites for hydroxylation is 1. The Labute approximate surface area is 171 Å². The summed E-state index contributed by atoms with van der Waals surface area (Å²) in [6, 6.07) is 3.60. The molecule has 0 N–H and O–H groups in total. The van der Waals surface area contributed by atoms with Crippen molar-refractivity contribution in [1.82, 2.24) is 19.2 Å². The van der Waals surface area contributed by atoms with Crippen molar-refractivity contribution >= 4 is 29.7 Å². The lowest BCUT2D eigenvalue weighted by atomic mass is 10.2. The molecule has 0 saturated carbocycles.